The van der Waals surface area contributed by atoms with Gasteiger partial charge in [-0.3, -0.25) is 19.9 Å². The number of aromatic nitrogens is 15. The van der Waals surface area contributed by atoms with E-state index in [-0.39, 0.29) is 0 Å². The Bertz CT molecular complexity index is 8600. The minimum atomic E-state index is 0.578. The van der Waals surface area contributed by atoms with E-state index >= 15 is 0 Å². The van der Waals surface area contributed by atoms with Gasteiger partial charge in [-0.15, -0.1) is 0 Å². The van der Waals surface area contributed by atoms with Gasteiger partial charge in [0.2, 0.25) is 0 Å². The molecule has 15 nitrogen and oxygen atoms in total. The van der Waals surface area contributed by atoms with Crippen molar-refractivity contribution in [2.45, 2.75) is 0 Å². The predicted molar refractivity (Wildman–Crippen MR) is 531 cm³/mol. The summed E-state index contributed by atoms with van der Waals surface area (Å²) in [7, 11) is 0. The van der Waals surface area contributed by atoms with Crippen LogP contribution in [0.4, 0.5) is 0 Å². The minimum absolute atomic E-state index is 0.578. The molecule has 0 aliphatic carbocycles. The largest absolute Gasteiger partial charge is 0.309 e. The number of fused-ring (bicyclic) bond motifs is 15. The summed E-state index contributed by atoms with van der Waals surface area (Å²) in [6.07, 6.45) is 14.0. The summed E-state index contributed by atoms with van der Waals surface area (Å²) in [5.41, 5.74) is 29.4. The number of rotatable bonds is 14. The van der Waals surface area contributed by atoms with Gasteiger partial charge < -0.3 is 22.8 Å². The highest BCUT2D eigenvalue weighted by molar-refractivity contribution is 6.17. The molecule has 0 aliphatic heterocycles. The summed E-state index contributed by atoms with van der Waals surface area (Å²) < 4.78 is 11.8. The third-order valence-corrected chi connectivity index (χ3v) is 25.3. The number of hydrogen-bond donors (Lipinski definition) is 0. The van der Waals surface area contributed by atoms with Crippen LogP contribution in [-0.2, 0) is 0 Å². The van der Waals surface area contributed by atoms with Crippen LogP contribution in [0.5, 0.6) is 0 Å². The number of benzene rings is 15. The van der Waals surface area contributed by atoms with Crippen molar-refractivity contribution in [1.29, 1.82) is 0 Å². The molecule has 26 aromatic rings. The van der Waals surface area contributed by atoms with Gasteiger partial charge in [0.1, 0.15) is 0 Å². The van der Waals surface area contributed by atoms with Crippen molar-refractivity contribution in [3.05, 3.63) is 444 Å². The summed E-state index contributed by atoms with van der Waals surface area (Å²) in [4.78, 5) is 46.3. The molecular formula is C116H73N15. The molecule has 0 atom stereocenters. The molecule has 612 valence electrons. The van der Waals surface area contributed by atoms with Crippen LogP contribution in [-0.4, -0.2) is 72.7 Å². The zero-order valence-electron chi connectivity index (χ0n) is 70.4. The van der Waals surface area contributed by atoms with Gasteiger partial charge in [-0.2, -0.15) is 0 Å². The van der Waals surface area contributed by atoms with Crippen molar-refractivity contribution in [2.24, 2.45) is 0 Å². The Morgan fingerprint density at radius 1 is 0.122 bits per heavy atom. The van der Waals surface area contributed by atoms with Gasteiger partial charge in [0.05, 0.1) is 55.2 Å². The van der Waals surface area contributed by atoms with E-state index in [0.717, 1.165) is 106 Å². The SMILES string of the molecule is c1ccc(-n2c3ccccc3c3cc(-c4ccc5c(c4)c4cc(-c6ccc7c(c6)c6ccccc6n7-c6ccccc6)ccc4n5-c4ccc(-c5nc(-c6ccncc6)nc(-c6ccncc6)n5)cc4)ccc32)cc1.c1ccc(-n2c3ccccc3c3cc(-c4ccc5c(c4)c4ccccc4n5-c4ccc(-c5nc(-c6ccncc6)nc(-c6ccncc6)n5)cc4)ccc32)cc1. The van der Waals surface area contributed by atoms with Crippen molar-refractivity contribution < 1.29 is 0 Å². The fraction of sp³-hybridized carbons (Fsp3) is 0. The van der Waals surface area contributed by atoms with E-state index in [9.17, 15) is 0 Å². The van der Waals surface area contributed by atoms with Gasteiger partial charge in [-0.05, 0) is 264 Å². The quantitative estimate of drug-likeness (QED) is 0.103. The van der Waals surface area contributed by atoms with Crippen molar-refractivity contribution >= 4 is 109 Å². The molecule has 0 fully saturated rings. The van der Waals surface area contributed by atoms with Crippen molar-refractivity contribution in [2.75, 3.05) is 0 Å². The fourth-order valence-electron chi connectivity index (χ4n) is 19.2. The van der Waals surface area contributed by atoms with E-state index in [1.165, 1.54) is 98.1 Å². The summed E-state index contributed by atoms with van der Waals surface area (Å²) in [5.74, 6) is 3.52. The number of pyridine rings is 4. The minimum Gasteiger partial charge on any atom is -0.309 e. The first kappa shape index (κ1) is 75.4. The average molecular weight is 1680 g/mol. The first-order valence-corrected chi connectivity index (χ1v) is 43.7. The molecule has 0 aliphatic rings. The van der Waals surface area contributed by atoms with E-state index < -0.39 is 0 Å². The molecule has 0 N–H and O–H groups in total. The molecule has 11 heterocycles. The standard InChI is InChI=1S/C67H42N8.C49H31N7/c1-3-11-50(12-4-1)73-59-17-9-7-15-53(59)55-39-46(21-27-61(55)73)48-23-29-63-57(41-48)58-42-49(47-22-28-62-56(40-47)54-16-8-10-18-60(54)74(62)51-13-5-2-6-14-51)24-30-64(58)75(63)52-25-19-43(20-26-52)65-70-66(44-31-35-68-36-32-44)72-67(71-65)45-33-37-69-38-34-45;1-2-8-37(9-3-1)55-43-12-6-4-10-39(43)41-30-35(16-20-45(41)55)36-17-21-46-42(31-36)40-11-5-7-13-44(40)56(46)38-18-14-32(15-19-38)47-52-48(33-22-26-50-27-23-33)54-49(53-47)34-24-28-51-29-25-34/h1-42H;1-31H. The Morgan fingerprint density at radius 2 is 0.282 bits per heavy atom. The molecule has 0 bridgehead atoms. The lowest BCUT2D eigenvalue weighted by Crippen LogP contribution is -2.00. The maximum absolute atomic E-state index is 5.00. The van der Waals surface area contributed by atoms with Crippen LogP contribution in [0.15, 0.2) is 444 Å². The van der Waals surface area contributed by atoms with Gasteiger partial charge in [0.25, 0.3) is 0 Å². The van der Waals surface area contributed by atoms with Crippen LogP contribution < -0.4 is 0 Å². The van der Waals surface area contributed by atoms with Gasteiger partial charge in [0.15, 0.2) is 34.9 Å². The third-order valence-electron chi connectivity index (χ3n) is 25.3. The Labute approximate surface area is 750 Å². The van der Waals surface area contributed by atoms with Crippen molar-refractivity contribution in [3.63, 3.8) is 0 Å². The summed E-state index contributed by atoms with van der Waals surface area (Å²) in [5, 5.41) is 12.1. The summed E-state index contributed by atoms with van der Waals surface area (Å²) in [6.45, 7) is 0. The number of hydrogen-bond acceptors (Lipinski definition) is 10. The molecule has 0 saturated carbocycles. The molecular weight excluding hydrogens is 1600 g/mol. The van der Waals surface area contributed by atoms with E-state index in [2.05, 4.69) is 389 Å². The highest BCUT2D eigenvalue weighted by atomic mass is 15.1. The van der Waals surface area contributed by atoms with Crippen molar-refractivity contribution in [1.82, 2.24) is 72.7 Å². The highest BCUT2D eigenvalue weighted by Gasteiger charge is 2.24. The molecule has 0 amide bonds. The highest BCUT2D eigenvalue weighted by Crippen LogP contribution is 2.45. The van der Waals surface area contributed by atoms with Gasteiger partial charge in [0, 0.05) is 165 Å². The first-order chi connectivity index (χ1) is 64.9. The molecule has 15 aromatic carbocycles. The lowest BCUT2D eigenvalue weighted by molar-refractivity contribution is 1.07. The third kappa shape index (κ3) is 13.2. The van der Waals surface area contributed by atoms with Crippen LogP contribution in [0.1, 0.15) is 0 Å². The molecule has 26 rings (SSSR count). The molecule has 131 heavy (non-hydrogen) atoms. The Morgan fingerprint density at radius 3 is 0.496 bits per heavy atom. The van der Waals surface area contributed by atoms with E-state index in [1.54, 1.807) is 49.6 Å². The molecule has 11 aromatic heterocycles. The van der Waals surface area contributed by atoms with Gasteiger partial charge >= 0.3 is 0 Å². The van der Waals surface area contributed by atoms with Crippen LogP contribution >= 0.6 is 0 Å². The van der Waals surface area contributed by atoms with Gasteiger partial charge in [-0.1, -0.05) is 164 Å². The monoisotopic (exact) mass is 1680 g/mol. The second-order valence-corrected chi connectivity index (χ2v) is 32.8. The van der Waals surface area contributed by atoms with Crippen LogP contribution in [0.25, 0.3) is 239 Å². The molecule has 0 radical (unpaired) electrons. The Kier molecular flexibility index (Phi) is 18.2. The number of para-hydroxylation sites is 7. The van der Waals surface area contributed by atoms with E-state index in [4.69, 9.17) is 29.9 Å². The second-order valence-electron chi connectivity index (χ2n) is 32.8. The first-order valence-electron chi connectivity index (χ1n) is 43.7. The van der Waals surface area contributed by atoms with Gasteiger partial charge in [-0.25, -0.2) is 29.9 Å². The fourth-order valence-corrected chi connectivity index (χ4v) is 19.2. The molecule has 0 spiro atoms. The van der Waals surface area contributed by atoms with Crippen LogP contribution in [0, 0.1) is 0 Å². The molecule has 15 heteroatoms. The van der Waals surface area contributed by atoms with E-state index in [1.807, 2.05) is 48.5 Å². The van der Waals surface area contributed by atoms with Crippen LogP contribution in [0.3, 0.4) is 0 Å². The molecule has 0 unspecified atom stereocenters. The maximum atomic E-state index is 5.00. The lowest BCUT2D eigenvalue weighted by atomic mass is 9.98. The summed E-state index contributed by atoms with van der Waals surface area (Å²) in [6, 6.07) is 140. The topological polar surface area (TPSA) is 154 Å². The summed E-state index contributed by atoms with van der Waals surface area (Å²) >= 11 is 0. The zero-order chi connectivity index (χ0) is 86.4. The van der Waals surface area contributed by atoms with E-state index in [0.29, 0.717) is 34.9 Å². The average Bonchev–Trinajstić information content (AvgIpc) is 1.58. The lowest BCUT2D eigenvalue weighted by Gasteiger charge is -2.11. The zero-order valence-corrected chi connectivity index (χ0v) is 70.4. The van der Waals surface area contributed by atoms with Crippen molar-refractivity contribution in [3.8, 4) is 130 Å². The Balaban J connectivity index is 0.000000147. The van der Waals surface area contributed by atoms with Crippen LogP contribution in [0.2, 0.25) is 0 Å². The Hall–Kier alpha value is -18.1. The normalized spacial score (nSPS) is 11.7. The maximum Gasteiger partial charge on any atom is 0.164 e. The predicted octanol–water partition coefficient (Wildman–Crippen LogP) is 27.8. The smallest absolute Gasteiger partial charge is 0.164 e. The second kappa shape index (κ2) is 31.5. The number of nitrogens with zero attached hydrogens (tertiary/aromatic N) is 15. The molecule has 0 saturated heterocycles.